The van der Waals surface area contributed by atoms with E-state index in [2.05, 4.69) is 10.6 Å². The summed E-state index contributed by atoms with van der Waals surface area (Å²) in [5.74, 6) is 0.319. The first kappa shape index (κ1) is 20.7. The fourth-order valence-electron chi connectivity index (χ4n) is 3.71. The third-order valence-corrected chi connectivity index (χ3v) is 5.57. The van der Waals surface area contributed by atoms with Crippen LogP contribution in [0.4, 0.5) is 5.69 Å². The number of aryl methyl sites for hydroxylation is 2. The molecule has 0 bridgehead atoms. The Bertz CT molecular complexity index is 1110. The third kappa shape index (κ3) is 4.94. The molecular formula is C26H26N2O3. The Morgan fingerprint density at radius 1 is 1.00 bits per heavy atom. The van der Waals surface area contributed by atoms with Crippen LogP contribution in [-0.2, 0) is 17.8 Å². The van der Waals surface area contributed by atoms with Crippen molar-refractivity contribution < 1.29 is 14.3 Å². The van der Waals surface area contributed by atoms with Gasteiger partial charge in [-0.05, 0) is 61.2 Å². The Balaban J connectivity index is 1.40. The van der Waals surface area contributed by atoms with Gasteiger partial charge in [-0.3, -0.25) is 9.59 Å². The molecule has 4 rings (SSSR count). The summed E-state index contributed by atoms with van der Waals surface area (Å²) in [5, 5.41) is 5.95. The first-order valence-electron chi connectivity index (χ1n) is 10.5. The van der Waals surface area contributed by atoms with Crippen molar-refractivity contribution in [1.29, 1.82) is 0 Å². The smallest absolute Gasteiger partial charge is 0.255 e. The molecule has 1 atom stereocenters. The summed E-state index contributed by atoms with van der Waals surface area (Å²) in [6, 6.07) is 21.2. The number of benzene rings is 3. The van der Waals surface area contributed by atoms with E-state index in [1.807, 2.05) is 74.5 Å². The van der Waals surface area contributed by atoms with Crippen LogP contribution < -0.4 is 15.4 Å². The maximum atomic E-state index is 12.7. The number of nitrogens with one attached hydrogen (secondary N) is 2. The van der Waals surface area contributed by atoms with E-state index in [1.165, 1.54) is 5.56 Å². The zero-order valence-electron chi connectivity index (χ0n) is 17.8. The van der Waals surface area contributed by atoms with Gasteiger partial charge >= 0.3 is 0 Å². The second-order valence-corrected chi connectivity index (χ2v) is 8.01. The lowest BCUT2D eigenvalue weighted by molar-refractivity contribution is -0.126. The van der Waals surface area contributed by atoms with Crippen molar-refractivity contribution in [3.05, 3.63) is 94.5 Å². The summed E-state index contributed by atoms with van der Waals surface area (Å²) >= 11 is 0. The fourth-order valence-corrected chi connectivity index (χ4v) is 3.71. The molecule has 1 heterocycles. The van der Waals surface area contributed by atoms with E-state index in [-0.39, 0.29) is 17.7 Å². The van der Waals surface area contributed by atoms with Crippen LogP contribution in [0.3, 0.4) is 0 Å². The summed E-state index contributed by atoms with van der Waals surface area (Å²) in [6.45, 7) is 4.79. The van der Waals surface area contributed by atoms with Gasteiger partial charge in [0.1, 0.15) is 12.4 Å². The molecule has 1 aliphatic heterocycles. The minimum Gasteiger partial charge on any atom is -0.492 e. The van der Waals surface area contributed by atoms with Gasteiger partial charge in [-0.25, -0.2) is 0 Å². The van der Waals surface area contributed by atoms with Crippen LogP contribution in [0.1, 0.15) is 32.6 Å². The molecule has 3 aromatic carbocycles. The molecule has 5 heteroatoms. The van der Waals surface area contributed by atoms with Crippen molar-refractivity contribution in [1.82, 2.24) is 5.32 Å². The first-order chi connectivity index (χ1) is 15.0. The van der Waals surface area contributed by atoms with Crippen molar-refractivity contribution in [2.24, 2.45) is 5.92 Å². The number of amides is 2. The number of rotatable bonds is 5. The van der Waals surface area contributed by atoms with Crippen LogP contribution in [0, 0.1) is 19.8 Å². The molecule has 5 nitrogen and oxygen atoms in total. The largest absolute Gasteiger partial charge is 0.492 e. The van der Waals surface area contributed by atoms with Crippen LogP contribution in [0.25, 0.3) is 0 Å². The number of anilines is 1. The van der Waals surface area contributed by atoms with Gasteiger partial charge in [0.25, 0.3) is 5.91 Å². The normalized spacial score (nSPS) is 14.8. The highest BCUT2D eigenvalue weighted by molar-refractivity contribution is 6.05. The highest BCUT2D eigenvalue weighted by Crippen LogP contribution is 2.30. The number of ether oxygens (including phenoxy) is 1. The summed E-state index contributed by atoms with van der Waals surface area (Å²) in [4.78, 5) is 25.3. The first-order valence-corrected chi connectivity index (χ1v) is 10.5. The van der Waals surface area contributed by atoms with Gasteiger partial charge in [0.05, 0.1) is 5.92 Å². The van der Waals surface area contributed by atoms with E-state index in [0.29, 0.717) is 30.8 Å². The minimum absolute atomic E-state index is 0.0272. The summed E-state index contributed by atoms with van der Waals surface area (Å²) < 4.78 is 5.82. The fraction of sp³-hybridized carbons (Fsp3) is 0.231. The van der Waals surface area contributed by atoms with Crippen molar-refractivity contribution >= 4 is 17.5 Å². The zero-order valence-corrected chi connectivity index (χ0v) is 17.8. The van der Waals surface area contributed by atoms with Crippen molar-refractivity contribution in [3.8, 4) is 5.75 Å². The lowest BCUT2D eigenvalue weighted by atomic mass is 9.95. The van der Waals surface area contributed by atoms with E-state index in [0.717, 1.165) is 22.4 Å². The molecule has 31 heavy (non-hydrogen) atoms. The maximum Gasteiger partial charge on any atom is 0.255 e. The second kappa shape index (κ2) is 9.04. The van der Waals surface area contributed by atoms with E-state index >= 15 is 0 Å². The number of hydrogen-bond donors (Lipinski definition) is 2. The van der Waals surface area contributed by atoms with Gasteiger partial charge in [0, 0.05) is 17.8 Å². The van der Waals surface area contributed by atoms with Crippen molar-refractivity contribution in [2.75, 3.05) is 11.9 Å². The van der Waals surface area contributed by atoms with E-state index in [4.69, 9.17) is 4.74 Å². The monoisotopic (exact) mass is 414 g/mol. The standard InChI is InChI=1S/C26H26N2O3/c1-17-7-9-19(10-8-17)15-27-25(29)21-13-20-14-22(11-12-24(20)31-16-21)28-26(30)23-6-4-3-5-18(23)2/h3-12,14,21H,13,15-16H2,1-2H3,(H,27,29)(H,28,30). The van der Waals surface area contributed by atoms with Crippen molar-refractivity contribution in [3.63, 3.8) is 0 Å². The predicted octanol–water partition coefficient (Wildman–Crippen LogP) is 4.42. The van der Waals surface area contributed by atoms with Crippen LogP contribution in [0.5, 0.6) is 5.75 Å². The molecule has 0 saturated heterocycles. The zero-order chi connectivity index (χ0) is 21.8. The molecule has 3 aromatic rings. The molecule has 2 N–H and O–H groups in total. The molecule has 0 aromatic heterocycles. The molecule has 0 fully saturated rings. The summed E-state index contributed by atoms with van der Waals surface area (Å²) in [7, 11) is 0. The van der Waals surface area contributed by atoms with Crippen molar-refractivity contribution in [2.45, 2.75) is 26.8 Å². The molecule has 1 aliphatic rings. The van der Waals surface area contributed by atoms with E-state index in [1.54, 1.807) is 6.07 Å². The Kier molecular flexibility index (Phi) is 6.03. The Labute approximate surface area is 182 Å². The second-order valence-electron chi connectivity index (χ2n) is 8.01. The minimum atomic E-state index is -0.264. The summed E-state index contributed by atoms with van der Waals surface area (Å²) in [6.07, 6.45) is 0.573. The molecule has 0 saturated carbocycles. The van der Waals surface area contributed by atoms with E-state index < -0.39 is 0 Å². The average molecular weight is 415 g/mol. The third-order valence-electron chi connectivity index (χ3n) is 5.57. The predicted molar refractivity (Wildman–Crippen MR) is 121 cm³/mol. The van der Waals surface area contributed by atoms with Crippen LogP contribution in [0.2, 0.25) is 0 Å². The van der Waals surface area contributed by atoms with E-state index in [9.17, 15) is 9.59 Å². The molecule has 0 spiro atoms. The molecule has 1 unspecified atom stereocenters. The highest BCUT2D eigenvalue weighted by atomic mass is 16.5. The molecular weight excluding hydrogens is 388 g/mol. The van der Waals surface area contributed by atoms with Gasteiger partial charge < -0.3 is 15.4 Å². The Hall–Kier alpha value is -3.60. The molecule has 158 valence electrons. The van der Waals surface area contributed by atoms with Gasteiger partial charge in [-0.2, -0.15) is 0 Å². The Morgan fingerprint density at radius 2 is 1.77 bits per heavy atom. The van der Waals surface area contributed by atoms with Gasteiger partial charge in [0.15, 0.2) is 0 Å². The number of carbonyl (C=O) groups is 2. The topological polar surface area (TPSA) is 67.4 Å². The van der Waals surface area contributed by atoms with Gasteiger partial charge in [-0.1, -0.05) is 48.0 Å². The average Bonchev–Trinajstić information content (AvgIpc) is 2.78. The number of carbonyl (C=O) groups excluding carboxylic acids is 2. The van der Waals surface area contributed by atoms with Gasteiger partial charge in [-0.15, -0.1) is 0 Å². The van der Waals surface area contributed by atoms with Gasteiger partial charge in [0.2, 0.25) is 5.91 Å². The van der Waals surface area contributed by atoms with Crippen LogP contribution >= 0.6 is 0 Å². The maximum absolute atomic E-state index is 12.7. The van der Waals surface area contributed by atoms with Crippen LogP contribution in [0.15, 0.2) is 66.7 Å². The number of hydrogen-bond acceptors (Lipinski definition) is 3. The molecule has 2 amide bonds. The summed E-state index contributed by atoms with van der Waals surface area (Å²) in [5.41, 5.74) is 5.44. The highest BCUT2D eigenvalue weighted by Gasteiger charge is 2.26. The number of fused-ring (bicyclic) bond motifs is 1. The molecule has 0 aliphatic carbocycles. The lowest BCUT2D eigenvalue weighted by Gasteiger charge is -2.25. The molecule has 0 radical (unpaired) electrons. The quantitative estimate of drug-likeness (QED) is 0.649. The van der Waals surface area contributed by atoms with Crippen LogP contribution in [-0.4, -0.2) is 18.4 Å². The SMILES string of the molecule is Cc1ccc(CNC(=O)C2COc3ccc(NC(=O)c4ccccc4C)cc3C2)cc1. The lowest BCUT2D eigenvalue weighted by Crippen LogP contribution is -2.37. The Morgan fingerprint density at radius 3 is 2.55 bits per heavy atom.